The molecule has 0 aliphatic heterocycles. The molecule has 9 heavy (non-hydrogen) atoms. The van der Waals surface area contributed by atoms with Crippen molar-refractivity contribution in [3.05, 3.63) is 10.1 Å². The van der Waals surface area contributed by atoms with Gasteiger partial charge in [0, 0.05) is 0 Å². The number of nitrogens with zero attached hydrogens (tertiary/aromatic N) is 1. The van der Waals surface area contributed by atoms with E-state index < -0.39 is 5.09 Å². The average molecular weight is 153 g/mol. The van der Waals surface area contributed by atoms with Crippen molar-refractivity contribution in [3.63, 3.8) is 0 Å². The van der Waals surface area contributed by atoms with Crippen molar-refractivity contribution in [2.45, 2.75) is 19.8 Å². The monoisotopic (exact) mass is 153 g/mol. The largest absolute Gasteiger partial charge is 0.328 e. The molecule has 0 aromatic heterocycles. The lowest BCUT2D eigenvalue weighted by molar-refractivity contribution is -0.742. The first-order valence-electron chi connectivity index (χ1n) is 2.68. The van der Waals surface area contributed by atoms with E-state index in [2.05, 4.69) is 16.2 Å². The van der Waals surface area contributed by atoms with Gasteiger partial charge in [0.25, 0.3) is 5.09 Å². The van der Waals surface area contributed by atoms with Gasteiger partial charge < -0.3 is 5.21 Å². The first kappa shape index (κ1) is 11.4. The molecule has 0 rings (SSSR count). The van der Waals surface area contributed by atoms with Crippen LogP contribution in [0.3, 0.4) is 0 Å². The summed E-state index contributed by atoms with van der Waals surface area (Å²) in [4.78, 5) is 8.36. The van der Waals surface area contributed by atoms with Crippen molar-refractivity contribution >= 4 is 9.24 Å². The molecule has 0 aliphatic rings. The Morgan fingerprint density at radius 3 is 2.11 bits per heavy atom. The third-order valence-corrected chi connectivity index (χ3v) is 0.966. The highest BCUT2D eigenvalue weighted by Crippen LogP contribution is 1.89. The number of unbranched alkanes of at least 4 members (excludes halogenated alkanes) is 1. The summed E-state index contributed by atoms with van der Waals surface area (Å²) in [5.74, 6) is 0. The number of hydrogen-bond acceptors (Lipinski definition) is 2. The van der Waals surface area contributed by atoms with Gasteiger partial charge in [-0.05, 0) is 6.16 Å². The molecule has 5 heteroatoms. The van der Waals surface area contributed by atoms with Crippen LogP contribution in [-0.2, 0) is 0 Å². The zero-order chi connectivity index (χ0) is 7.70. The first-order valence-corrected chi connectivity index (χ1v) is 3.50. The van der Waals surface area contributed by atoms with E-state index >= 15 is 0 Å². The van der Waals surface area contributed by atoms with Crippen molar-refractivity contribution in [3.8, 4) is 0 Å². The molecular weight excluding hydrogens is 141 g/mol. The Hall–Kier alpha value is -0.370. The number of hydrogen-bond donors (Lipinski definition) is 1. The molecule has 0 amide bonds. The molecule has 0 radical (unpaired) electrons. The summed E-state index contributed by atoms with van der Waals surface area (Å²) in [6.07, 6.45) is 3.94. The summed E-state index contributed by atoms with van der Waals surface area (Å²) >= 11 is 0. The highest BCUT2D eigenvalue weighted by molar-refractivity contribution is 7.16. The maximum Gasteiger partial charge on any atom is 0.291 e. The predicted octanol–water partition coefficient (Wildman–Crippen LogP) is 1.31. The fourth-order valence-corrected chi connectivity index (χ4v) is 0.612. The van der Waals surface area contributed by atoms with Gasteiger partial charge in [-0.2, -0.15) is 0 Å². The molecule has 4 nitrogen and oxygen atoms in total. The van der Waals surface area contributed by atoms with Crippen LogP contribution in [0.1, 0.15) is 19.8 Å². The molecule has 1 atom stereocenters. The van der Waals surface area contributed by atoms with Gasteiger partial charge in [-0.3, -0.25) is 0 Å². The lowest BCUT2D eigenvalue weighted by Gasteiger charge is -1.79. The van der Waals surface area contributed by atoms with Crippen LogP contribution in [0.25, 0.3) is 0 Å². The van der Waals surface area contributed by atoms with E-state index in [9.17, 15) is 0 Å². The van der Waals surface area contributed by atoms with Crippen molar-refractivity contribution in [1.29, 1.82) is 0 Å². The van der Waals surface area contributed by atoms with Gasteiger partial charge in [0.2, 0.25) is 0 Å². The second-order valence-corrected chi connectivity index (χ2v) is 1.96. The van der Waals surface area contributed by atoms with Crippen LogP contribution in [0, 0.1) is 10.1 Å². The smallest absolute Gasteiger partial charge is 0.291 e. The predicted molar refractivity (Wildman–Crippen MR) is 38.3 cm³/mol. The molecule has 0 saturated carbocycles. The Morgan fingerprint density at radius 2 is 2.11 bits per heavy atom. The van der Waals surface area contributed by atoms with Gasteiger partial charge in [0.05, 0.1) is 0 Å². The quantitative estimate of drug-likeness (QED) is 0.369. The summed E-state index contributed by atoms with van der Waals surface area (Å²) in [5, 5.41) is 13.6. The molecule has 1 unspecified atom stereocenters. The van der Waals surface area contributed by atoms with Crippen molar-refractivity contribution < 1.29 is 10.3 Å². The van der Waals surface area contributed by atoms with Crippen LogP contribution in [0.4, 0.5) is 0 Å². The summed E-state index contributed by atoms with van der Waals surface area (Å²) in [5.41, 5.74) is 0. The van der Waals surface area contributed by atoms with Crippen LogP contribution in [0.5, 0.6) is 0 Å². The molecular formula is C4H12NO3P. The Kier molecular flexibility index (Phi) is 13.4. The zero-order valence-electron chi connectivity index (χ0n) is 5.41. The Bertz CT molecular complexity index is 62.8. The number of rotatable bonds is 2. The van der Waals surface area contributed by atoms with Gasteiger partial charge in [-0.1, -0.05) is 19.8 Å². The van der Waals surface area contributed by atoms with E-state index in [0.29, 0.717) is 0 Å². The minimum atomic E-state index is -1.50. The molecule has 0 saturated heterocycles. The Balaban J connectivity index is 0. The first-order chi connectivity index (χ1) is 4.15. The fraction of sp³-hybridized carbons (Fsp3) is 1.00. The van der Waals surface area contributed by atoms with Crippen LogP contribution >= 0.6 is 9.24 Å². The molecule has 0 fully saturated rings. The molecule has 0 bridgehead atoms. The van der Waals surface area contributed by atoms with Gasteiger partial charge in [0.15, 0.2) is 0 Å². The van der Waals surface area contributed by atoms with Crippen LogP contribution in [0.2, 0.25) is 0 Å². The molecule has 56 valence electrons. The van der Waals surface area contributed by atoms with Crippen LogP contribution < -0.4 is 0 Å². The fourth-order valence-electron chi connectivity index (χ4n) is 0.204. The topological polar surface area (TPSA) is 63.4 Å². The lowest BCUT2D eigenvalue weighted by Crippen LogP contribution is -1.81. The summed E-state index contributed by atoms with van der Waals surface area (Å²) in [7, 11) is 2.70. The SMILES string of the molecule is CCCCP.O=[N+]([O-])O. The van der Waals surface area contributed by atoms with Crippen molar-refractivity contribution in [2.24, 2.45) is 0 Å². The normalized spacial score (nSPS) is 7.33. The van der Waals surface area contributed by atoms with Gasteiger partial charge in [-0.15, -0.1) is 19.4 Å². The van der Waals surface area contributed by atoms with Crippen molar-refractivity contribution in [2.75, 3.05) is 6.16 Å². The molecule has 0 spiro atoms. The second-order valence-electron chi connectivity index (χ2n) is 1.38. The minimum Gasteiger partial charge on any atom is -0.328 e. The van der Waals surface area contributed by atoms with Crippen LogP contribution in [-0.4, -0.2) is 16.5 Å². The molecule has 0 aromatic rings. The van der Waals surface area contributed by atoms with E-state index in [4.69, 9.17) is 15.3 Å². The molecule has 0 aliphatic carbocycles. The third-order valence-electron chi connectivity index (χ3n) is 0.558. The highest BCUT2D eigenvalue weighted by atomic mass is 31.0. The average Bonchev–Trinajstić information content (AvgIpc) is 1.66. The zero-order valence-corrected chi connectivity index (χ0v) is 6.56. The van der Waals surface area contributed by atoms with Gasteiger partial charge in [0.1, 0.15) is 0 Å². The minimum absolute atomic E-state index is 1.26. The van der Waals surface area contributed by atoms with Crippen molar-refractivity contribution in [1.82, 2.24) is 0 Å². The lowest BCUT2D eigenvalue weighted by atomic mass is 10.4. The second kappa shape index (κ2) is 10.6. The molecule has 1 N–H and O–H groups in total. The summed E-state index contributed by atoms with van der Waals surface area (Å²) in [6, 6.07) is 0. The summed E-state index contributed by atoms with van der Waals surface area (Å²) < 4.78 is 0. The third kappa shape index (κ3) is 91.0. The van der Waals surface area contributed by atoms with Crippen LogP contribution in [0.15, 0.2) is 0 Å². The Labute approximate surface area is 56.6 Å². The molecule has 0 heterocycles. The van der Waals surface area contributed by atoms with Gasteiger partial charge >= 0.3 is 0 Å². The van der Waals surface area contributed by atoms with E-state index in [0.717, 1.165) is 0 Å². The van der Waals surface area contributed by atoms with E-state index in [1.54, 1.807) is 0 Å². The maximum atomic E-state index is 8.36. The van der Waals surface area contributed by atoms with E-state index in [-0.39, 0.29) is 0 Å². The molecule has 0 aromatic carbocycles. The standard InChI is InChI=1S/C4H11P.HNO3/c1-2-3-4-5;2-1(3)4/h2-5H2,1H3;(H,2,3,4). The van der Waals surface area contributed by atoms with E-state index in [1.165, 1.54) is 19.0 Å². The summed E-state index contributed by atoms with van der Waals surface area (Å²) in [6.45, 7) is 2.20. The van der Waals surface area contributed by atoms with E-state index in [1.807, 2.05) is 0 Å². The highest BCUT2D eigenvalue weighted by Gasteiger charge is 1.68. The maximum absolute atomic E-state index is 8.36. The van der Waals surface area contributed by atoms with Gasteiger partial charge in [-0.25, -0.2) is 0 Å². The Morgan fingerprint density at radius 1 is 1.78 bits per heavy atom.